The van der Waals surface area contributed by atoms with Gasteiger partial charge in [-0.15, -0.1) is 0 Å². The van der Waals surface area contributed by atoms with Crippen LogP contribution in [-0.4, -0.2) is 31.2 Å². The van der Waals surface area contributed by atoms with Crippen LogP contribution in [0.25, 0.3) is 0 Å². The third kappa shape index (κ3) is 4.51. The predicted octanol–water partition coefficient (Wildman–Crippen LogP) is 4.08. The van der Waals surface area contributed by atoms with Crippen LogP contribution >= 0.6 is 11.6 Å². The van der Waals surface area contributed by atoms with Crippen molar-refractivity contribution in [1.82, 2.24) is 4.31 Å². The van der Waals surface area contributed by atoms with E-state index in [0.29, 0.717) is 23.7 Å². The maximum atomic E-state index is 13.1. The molecule has 0 spiro atoms. The molecule has 0 aromatic heterocycles. The third-order valence-corrected chi connectivity index (χ3v) is 6.95. The zero-order valence-corrected chi connectivity index (χ0v) is 16.8. The number of sulfonamides is 1. The van der Waals surface area contributed by atoms with Crippen LogP contribution in [0.4, 0.5) is 5.69 Å². The van der Waals surface area contributed by atoms with E-state index in [9.17, 15) is 13.2 Å². The summed E-state index contributed by atoms with van der Waals surface area (Å²) < 4.78 is 27.5. The van der Waals surface area contributed by atoms with E-state index in [0.717, 1.165) is 24.8 Å². The summed E-state index contributed by atoms with van der Waals surface area (Å²) in [7, 11) is -3.76. The molecule has 1 atom stereocenters. The van der Waals surface area contributed by atoms with E-state index >= 15 is 0 Å². The van der Waals surface area contributed by atoms with Crippen molar-refractivity contribution in [2.24, 2.45) is 0 Å². The molecule has 144 valence electrons. The largest absolute Gasteiger partial charge is 0.325 e. The van der Waals surface area contributed by atoms with Gasteiger partial charge in [-0.25, -0.2) is 8.42 Å². The van der Waals surface area contributed by atoms with E-state index in [1.54, 1.807) is 12.1 Å². The second-order valence-corrected chi connectivity index (χ2v) is 8.95. The van der Waals surface area contributed by atoms with Crippen LogP contribution in [0.5, 0.6) is 0 Å². The van der Waals surface area contributed by atoms with E-state index in [4.69, 9.17) is 11.6 Å². The lowest BCUT2D eigenvalue weighted by atomic mass is 10.0. The summed E-state index contributed by atoms with van der Waals surface area (Å²) in [6.07, 6.45) is 2.93. The zero-order chi connectivity index (χ0) is 19.4. The van der Waals surface area contributed by atoms with Gasteiger partial charge in [0.25, 0.3) is 0 Å². The fraction of sp³-hybridized carbons (Fsp3) is 0.350. The summed E-state index contributed by atoms with van der Waals surface area (Å²) in [6, 6.07) is 12.9. The standard InChI is InChI=1S/C20H23ClN2O3S/c1-2-15-6-5-7-17(14-15)22-20(24)19-8-3-4-13-23(19)27(25,26)18-11-9-16(21)10-12-18/h5-7,9-12,14,19H,2-4,8,13H2,1H3,(H,22,24). The molecule has 0 saturated carbocycles. The Balaban J connectivity index is 1.84. The number of hydrogen-bond donors (Lipinski definition) is 1. The first-order valence-electron chi connectivity index (χ1n) is 9.09. The topological polar surface area (TPSA) is 66.5 Å². The molecule has 0 radical (unpaired) electrons. The molecule has 1 amide bonds. The molecular formula is C20H23ClN2O3S. The molecular weight excluding hydrogens is 384 g/mol. The number of amides is 1. The Kier molecular flexibility index (Phi) is 6.19. The van der Waals surface area contributed by atoms with Crippen LogP contribution in [-0.2, 0) is 21.2 Å². The molecule has 2 aromatic rings. The van der Waals surface area contributed by atoms with E-state index in [2.05, 4.69) is 5.32 Å². The Morgan fingerprint density at radius 1 is 1.19 bits per heavy atom. The smallest absolute Gasteiger partial charge is 0.243 e. The van der Waals surface area contributed by atoms with Crippen molar-refractivity contribution in [2.75, 3.05) is 11.9 Å². The van der Waals surface area contributed by atoms with Gasteiger partial charge in [-0.05, 0) is 61.2 Å². The lowest BCUT2D eigenvalue weighted by Gasteiger charge is -2.33. The number of carbonyl (C=O) groups excluding carboxylic acids is 1. The molecule has 1 fully saturated rings. The number of hydrogen-bond acceptors (Lipinski definition) is 3. The highest BCUT2D eigenvalue weighted by molar-refractivity contribution is 7.89. The molecule has 1 aliphatic rings. The van der Waals surface area contributed by atoms with Crippen molar-refractivity contribution in [2.45, 2.75) is 43.5 Å². The van der Waals surface area contributed by atoms with Gasteiger partial charge in [-0.3, -0.25) is 4.79 Å². The van der Waals surface area contributed by atoms with Gasteiger partial charge in [-0.2, -0.15) is 4.31 Å². The van der Waals surface area contributed by atoms with Crippen LogP contribution in [0.3, 0.4) is 0 Å². The molecule has 7 heteroatoms. The first-order chi connectivity index (χ1) is 12.9. The Hall–Kier alpha value is -1.89. The maximum absolute atomic E-state index is 13.1. The van der Waals surface area contributed by atoms with Crippen LogP contribution < -0.4 is 5.32 Å². The van der Waals surface area contributed by atoms with E-state index in [1.807, 2.05) is 31.2 Å². The number of halogens is 1. The van der Waals surface area contributed by atoms with Gasteiger partial charge in [0.2, 0.25) is 15.9 Å². The molecule has 27 heavy (non-hydrogen) atoms. The zero-order valence-electron chi connectivity index (χ0n) is 15.2. The average Bonchev–Trinajstić information content (AvgIpc) is 2.68. The van der Waals surface area contributed by atoms with Crippen molar-refractivity contribution < 1.29 is 13.2 Å². The summed E-state index contributed by atoms with van der Waals surface area (Å²) in [4.78, 5) is 13.0. The highest BCUT2D eigenvalue weighted by Crippen LogP contribution is 2.27. The molecule has 0 aliphatic carbocycles. The Bertz CT molecular complexity index is 913. The summed E-state index contributed by atoms with van der Waals surface area (Å²) in [5.41, 5.74) is 1.80. The molecule has 1 aliphatic heterocycles. The SMILES string of the molecule is CCc1cccc(NC(=O)C2CCCCN2S(=O)(=O)c2ccc(Cl)cc2)c1. The van der Waals surface area contributed by atoms with Gasteiger partial charge in [0.05, 0.1) is 4.90 Å². The average molecular weight is 407 g/mol. The van der Waals surface area contributed by atoms with Crippen molar-refractivity contribution in [1.29, 1.82) is 0 Å². The van der Waals surface area contributed by atoms with E-state index in [1.165, 1.54) is 16.4 Å². The third-order valence-electron chi connectivity index (χ3n) is 4.78. The number of carbonyl (C=O) groups is 1. The van der Waals surface area contributed by atoms with E-state index < -0.39 is 16.1 Å². The van der Waals surface area contributed by atoms with Gasteiger partial charge >= 0.3 is 0 Å². The fourth-order valence-electron chi connectivity index (χ4n) is 3.29. The highest BCUT2D eigenvalue weighted by atomic mass is 35.5. The normalized spacial score (nSPS) is 18.2. The van der Waals surface area contributed by atoms with Gasteiger partial charge in [-0.1, -0.05) is 37.1 Å². The Morgan fingerprint density at radius 2 is 1.93 bits per heavy atom. The molecule has 0 bridgehead atoms. The van der Waals surface area contributed by atoms with Crippen LogP contribution in [0.15, 0.2) is 53.4 Å². The minimum Gasteiger partial charge on any atom is -0.325 e. The first kappa shape index (κ1) is 19.9. The number of nitrogens with zero attached hydrogens (tertiary/aromatic N) is 1. The minimum atomic E-state index is -3.76. The summed E-state index contributed by atoms with van der Waals surface area (Å²) in [6.45, 7) is 2.38. The quantitative estimate of drug-likeness (QED) is 0.813. The second kappa shape index (κ2) is 8.42. The van der Waals surface area contributed by atoms with Gasteiger partial charge in [0.1, 0.15) is 6.04 Å². The first-order valence-corrected chi connectivity index (χ1v) is 10.9. The van der Waals surface area contributed by atoms with Crippen molar-refractivity contribution >= 4 is 33.2 Å². The number of benzene rings is 2. The lowest BCUT2D eigenvalue weighted by molar-refractivity contribution is -0.120. The summed E-state index contributed by atoms with van der Waals surface area (Å²) >= 11 is 5.87. The molecule has 3 rings (SSSR count). The molecule has 1 heterocycles. The maximum Gasteiger partial charge on any atom is 0.243 e. The molecule has 1 unspecified atom stereocenters. The predicted molar refractivity (Wildman–Crippen MR) is 107 cm³/mol. The highest BCUT2D eigenvalue weighted by Gasteiger charge is 2.37. The molecule has 1 N–H and O–H groups in total. The second-order valence-electron chi connectivity index (χ2n) is 6.62. The number of anilines is 1. The van der Waals surface area contributed by atoms with Gasteiger partial charge < -0.3 is 5.32 Å². The van der Waals surface area contributed by atoms with Crippen LogP contribution in [0.2, 0.25) is 5.02 Å². The Morgan fingerprint density at radius 3 is 2.63 bits per heavy atom. The number of rotatable bonds is 5. The molecule has 5 nitrogen and oxygen atoms in total. The van der Waals surface area contributed by atoms with Gasteiger partial charge in [0, 0.05) is 17.3 Å². The van der Waals surface area contributed by atoms with Crippen molar-refractivity contribution in [3.8, 4) is 0 Å². The Labute approximate surface area is 165 Å². The number of aryl methyl sites for hydroxylation is 1. The number of piperidine rings is 1. The molecule has 1 saturated heterocycles. The summed E-state index contributed by atoms with van der Waals surface area (Å²) in [5.74, 6) is -0.291. The van der Waals surface area contributed by atoms with E-state index in [-0.39, 0.29) is 10.8 Å². The minimum absolute atomic E-state index is 0.152. The number of nitrogens with one attached hydrogen (secondary N) is 1. The molecule has 2 aromatic carbocycles. The van der Waals surface area contributed by atoms with Crippen molar-refractivity contribution in [3.63, 3.8) is 0 Å². The lowest BCUT2D eigenvalue weighted by Crippen LogP contribution is -2.49. The monoisotopic (exact) mass is 406 g/mol. The fourth-order valence-corrected chi connectivity index (χ4v) is 5.07. The van der Waals surface area contributed by atoms with Crippen LogP contribution in [0, 0.1) is 0 Å². The van der Waals surface area contributed by atoms with Crippen molar-refractivity contribution in [3.05, 3.63) is 59.1 Å². The van der Waals surface area contributed by atoms with Gasteiger partial charge in [0.15, 0.2) is 0 Å². The summed E-state index contributed by atoms with van der Waals surface area (Å²) in [5, 5.41) is 3.35. The van der Waals surface area contributed by atoms with Crippen LogP contribution in [0.1, 0.15) is 31.7 Å².